The first kappa shape index (κ1) is 17.9. The van der Waals surface area contributed by atoms with Gasteiger partial charge < -0.3 is 16.0 Å². The second-order valence-corrected chi connectivity index (χ2v) is 6.67. The molecule has 2 amide bonds. The van der Waals surface area contributed by atoms with Gasteiger partial charge in [-0.3, -0.25) is 9.59 Å². The molecule has 1 aromatic carbocycles. The summed E-state index contributed by atoms with van der Waals surface area (Å²) < 4.78 is 15.0. The van der Waals surface area contributed by atoms with Crippen LogP contribution in [0.15, 0.2) is 24.8 Å². The first-order valence-electron chi connectivity index (χ1n) is 8.58. The first-order chi connectivity index (χ1) is 12.3. The molecular formula is C20H22FN3O2. The van der Waals surface area contributed by atoms with Crippen molar-refractivity contribution in [3.8, 4) is 0 Å². The monoisotopic (exact) mass is 355 g/mol. The fraction of sp³-hybridized carbons (Fsp3) is 0.300. The van der Waals surface area contributed by atoms with E-state index in [0.29, 0.717) is 22.9 Å². The van der Waals surface area contributed by atoms with Gasteiger partial charge in [0.25, 0.3) is 5.91 Å². The summed E-state index contributed by atoms with van der Waals surface area (Å²) in [4.78, 5) is 26.5. The van der Waals surface area contributed by atoms with E-state index in [2.05, 4.69) is 16.9 Å². The van der Waals surface area contributed by atoms with Gasteiger partial charge in [0, 0.05) is 22.7 Å². The van der Waals surface area contributed by atoms with Crippen molar-refractivity contribution < 1.29 is 14.0 Å². The highest BCUT2D eigenvalue weighted by atomic mass is 19.1. The first-order valence-corrected chi connectivity index (χ1v) is 8.58. The number of halogens is 1. The van der Waals surface area contributed by atoms with Crippen LogP contribution in [0.25, 0.3) is 16.5 Å². The Kier molecular flexibility index (Phi) is 4.68. The van der Waals surface area contributed by atoms with Gasteiger partial charge in [-0.25, -0.2) is 4.39 Å². The fourth-order valence-electron chi connectivity index (χ4n) is 3.62. The summed E-state index contributed by atoms with van der Waals surface area (Å²) in [7, 11) is 0. The summed E-state index contributed by atoms with van der Waals surface area (Å²) in [6.07, 6.45) is 5.44. The Morgan fingerprint density at radius 1 is 1.42 bits per heavy atom. The average Bonchev–Trinajstić information content (AvgIpc) is 2.89. The van der Waals surface area contributed by atoms with Crippen molar-refractivity contribution in [3.63, 3.8) is 0 Å². The number of H-pyrrole nitrogens is 1. The number of aryl methyl sites for hydroxylation is 2. The number of fused-ring (bicyclic) bond motifs is 1. The third-order valence-electron chi connectivity index (χ3n) is 4.99. The summed E-state index contributed by atoms with van der Waals surface area (Å²) in [6, 6.07) is 1.03. The van der Waals surface area contributed by atoms with E-state index in [1.165, 1.54) is 12.1 Å². The number of amides is 2. The van der Waals surface area contributed by atoms with Gasteiger partial charge in [0.15, 0.2) is 0 Å². The lowest BCUT2D eigenvalue weighted by Gasteiger charge is -2.23. The Hall–Kier alpha value is -2.89. The van der Waals surface area contributed by atoms with E-state index in [1.807, 2.05) is 19.9 Å². The molecule has 0 bridgehead atoms. The molecule has 4 N–H and O–H groups in total. The number of nitrogens with one attached hydrogen (secondary N) is 2. The topological polar surface area (TPSA) is 88.0 Å². The predicted octanol–water partition coefficient (Wildman–Crippen LogP) is 3.26. The summed E-state index contributed by atoms with van der Waals surface area (Å²) in [5.41, 5.74) is 9.18. The molecule has 0 spiro atoms. The highest BCUT2D eigenvalue weighted by molar-refractivity contribution is 6.09. The number of aromatic nitrogens is 1. The number of benzene rings is 1. The SMILES string of the molecule is C=CC(=O)N[C@@H]1C=C(c2c(F)cc(C(N)=O)c3[nH]c(C)c(C)c23)CCC1. The van der Waals surface area contributed by atoms with Crippen LogP contribution in [0.1, 0.15) is 46.4 Å². The zero-order chi connectivity index (χ0) is 19.0. The van der Waals surface area contributed by atoms with Crippen molar-refractivity contribution in [2.45, 2.75) is 39.2 Å². The van der Waals surface area contributed by atoms with Gasteiger partial charge in [0.05, 0.1) is 11.1 Å². The fourth-order valence-corrected chi connectivity index (χ4v) is 3.62. The maximum atomic E-state index is 15.0. The van der Waals surface area contributed by atoms with Crippen LogP contribution >= 0.6 is 0 Å². The van der Waals surface area contributed by atoms with Crippen LogP contribution in [0.3, 0.4) is 0 Å². The number of primary amides is 1. The normalized spacial score (nSPS) is 17.0. The van der Waals surface area contributed by atoms with Gasteiger partial charge in [0.1, 0.15) is 5.82 Å². The van der Waals surface area contributed by atoms with Crippen molar-refractivity contribution in [1.29, 1.82) is 0 Å². The summed E-state index contributed by atoms with van der Waals surface area (Å²) in [6.45, 7) is 7.23. The molecule has 136 valence electrons. The third kappa shape index (κ3) is 3.03. The molecule has 1 atom stereocenters. The standard InChI is InChI=1S/C20H22FN3O2/c1-4-16(25)24-13-7-5-6-12(8-13)18-15(21)9-14(20(22)26)19-17(18)10(2)11(3)23-19/h4,8-9,13,23H,1,5-7H2,2-3H3,(H2,22,26)(H,24,25)/t13-/m0/s1. The molecule has 1 aliphatic carbocycles. The van der Waals surface area contributed by atoms with E-state index in [9.17, 15) is 9.59 Å². The number of carbonyl (C=O) groups is 2. The van der Waals surface area contributed by atoms with Gasteiger partial charge >= 0.3 is 0 Å². The Morgan fingerprint density at radius 3 is 2.81 bits per heavy atom. The molecular weight excluding hydrogens is 333 g/mol. The molecule has 0 radical (unpaired) electrons. The number of hydrogen-bond donors (Lipinski definition) is 3. The van der Waals surface area contributed by atoms with Crippen LogP contribution in [0.2, 0.25) is 0 Å². The molecule has 26 heavy (non-hydrogen) atoms. The average molecular weight is 355 g/mol. The van der Waals surface area contributed by atoms with E-state index in [-0.39, 0.29) is 17.5 Å². The van der Waals surface area contributed by atoms with Crippen LogP contribution in [0.5, 0.6) is 0 Å². The lowest BCUT2D eigenvalue weighted by atomic mass is 9.87. The number of nitrogens with two attached hydrogens (primary N) is 1. The molecule has 5 nitrogen and oxygen atoms in total. The number of rotatable bonds is 4. The number of hydrogen-bond acceptors (Lipinski definition) is 2. The zero-order valence-electron chi connectivity index (χ0n) is 14.9. The van der Waals surface area contributed by atoms with E-state index in [1.54, 1.807) is 0 Å². The Balaban J connectivity index is 2.20. The number of allylic oxidation sites excluding steroid dienone is 1. The summed E-state index contributed by atoms with van der Waals surface area (Å²) in [5.74, 6) is -1.40. The summed E-state index contributed by atoms with van der Waals surface area (Å²) >= 11 is 0. The van der Waals surface area contributed by atoms with Gasteiger partial charge in [-0.2, -0.15) is 0 Å². The predicted molar refractivity (Wildman–Crippen MR) is 100 cm³/mol. The quantitative estimate of drug-likeness (QED) is 0.735. The Labute approximate surface area is 151 Å². The lowest BCUT2D eigenvalue weighted by molar-refractivity contribution is -0.116. The number of carbonyl (C=O) groups excluding carboxylic acids is 2. The molecule has 3 rings (SSSR count). The van der Waals surface area contributed by atoms with Crippen molar-refractivity contribution in [2.24, 2.45) is 5.73 Å². The zero-order valence-corrected chi connectivity index (χ0v) is 14.9. The van der Waals surface area contributed by atoms with Crippen molar-refractivity contribution in [1.82, 2.24) is 10.3 Å². The van der Waals surface area contributed by atoms with Crippen molar-refractivity contribution in [2.75, 3.05) is 0 Å². The summed E-state index contributed by atoms with van der Waals surface area (Å²) in [5, 5.41) is 3.53. The molecule has 6 heteroatoms. The van der Waals surface area contributed by atoms with Gasteiger partial charge in [-0.15, -0.1) is 0 Å². The van der Waals surface area contributed by atoms with Crippen molar-refractivity contribution in [3.05, 3.63) is 53.0 Å². The molecule has 2 aromatic rings. The minimum Gasteiger partial charge on any atom is -0.366 e. The Bertz CT molecular complexity index is 956. The van der Waals surface area contributed by atoms with Crippen LogP contribution in [-0.2, 0) is 4.79 Å². The molecule has 1 aliphatic rings. The smallest absolute Gasteiger partial charge is 0.250 e. The minimum atomic E-state index is -0.671. The molecule has 1 aromatic heterocycles. The molecule has 0 saturated carbocycles. The molecule has 0 saturated heterocycles. The van der Waals surface area contributed by atoms with E-state index >= 15 is 4.39 Å². The molecule has 1 heterocycles. The molecule has 0 fully saturated rings. The lowest BCUT2D eigenvalue weighted by Crippen LogP contribution is -2.33. The maximum absolute atomic E-state index is 15.0. The second-order valence-electron chi connectivity index (χ2n) is 6.67. The van der Waals surface area contributed by atoms with E-state index < -0.39 is 11.7 Å². The highest BCUT2D eigenvalue weighted by Gasteiger charge is 2.24. The van der Waals surface area contributed by atoms with Crippen LogP contribution in [-0.4, -0.2) is 22.8 Å². The second kappa shape index (κ2) is 6.78. The number of aromatic amines is 1. The van der Waals surface area contributed by atoms with Crippen molar-refractivity contribution >= 4 is 28.3 Å². The maximum Gasteiger partial charge on any atom is 0.250 e. The third-order valence-corrected chi connectivity index (χ3v) is 4.99. The Morgan fingerprint density at radius 2 is 2.15 bits per heavy atom. The van der Waals surface area contributed by atoms with E-state index in [0.717, 1.165) is 29.7 Å². The van der Waals surface area contributed by atoms with Gasteiger partial charge in [-0.1, -0.05) is 12.7 Å². The molecule has 0 unspecified atom stereocenters. The van der Waals surface area contributed by atoms with Crippen LogP contribution in [0.4, 0.5) is 4.39 Å². The highest BCUT2D eigenvalue weighted by Crippen LogP contribution is 2.37. The molecule has 0 aliphatic heterocycles. The van der Waals surface area contributed by atoms with E-state index in [4.69, 9.17) is 5.73 Å². The van der Waals surface area contributed by atoms with Gasteiger partial charge in [0.2, 0.25) is 5.91 Å². The van der Waals surface area contributed by atoms with Crippen LogP contribution < -0.4 is 11.1 Å². The van der Waals surface area contributed by atoms with Crippen LogP contribution in [0, 0.1) is 19.7 Å². The largest absolute Gasteiger partial charge is 0.366 e. The van der Waals surface area contributed by atoms with Gasteiger partial charge in [-0.05, 0) is 56.4 Å². The minimum absolute atomic E-state index is 0.144.